The summed E-state index contributed by atoms with van der Waals surface area (Å²) in [4.78, 5) is 18.3. The van der Waals surface area contributed by atoms with Crippen LogP contribution in [0.1, 0.15) is 33.4 Å². The molecular formula is C14H14ClN3OS2. The molecule has 0 fully saturated rings. The van der Waals surface area contributed by atoms with Gasteiger partial charge in [-0.3, -0.25) is 4.79 Å². The second kappa shape index (κ2) is 5.87. The molecule has 21 heavy (non-hydrogen) atoms. The van der Waals surface area contributed by atoms with E-state index >= 15 is 0 Å². The minimum atomic E-state index is -0.121. The van der Waals surface area contributed by atoms with Crippen molar-refractivity contribution >= 4 is 45.7 Å². The molecule has 110 valence electrons. The van der Waals surface area contributed by atoms with Gasteiger partial charge in [0.2, 0.25) is 0 Å². The van der Waals surface area contributed by atoms with Crippen LogP contribution in [0, 0.1) is 6.92 Å². The van der Waals surface area contributed by atoms with Crippen LogP contribution in [-0.2, 0) is 0 Å². The molecule has 3 rings (SSSR count). The number of hydrogen-bond acceptors (Lipinski definition) is 5. The van der Waals surface area contributed by atoms with Gasteiger partial charge in [0, 0.05) is 15.7 Å². The summed E-state index contributed by atoms with van der Waals surface area (Å²) in [5.74, 6) is 0.855. The molecule has 7 heteroatoms. The lowest BCUT2D eigenvalue weighted by Crippen LogP contribution is -2.30. The number of nitrogens with zero attached hydrogens (tertiary/aromatic N) is 1. The molecule has 1 aliphatic rings. The van der Waals surface area contributed by atoms with Gasteiger partial charge < -0.3 is 11.1 Å². The molecule has 1 unspecified atom stereocenters. The van der Waals surface area contributed by atoms with Crippen molar-refractivity contribution in [2.24, 2.45) is 0 Å². The van der Waals surface area contributed by atoms with E-state index in [2.05, 4.69) is 10.3 Å². The average molecular weight is 340 g/mol. The van der Waals surface area contributed by atoms with E-state index in [1.54, 1.807) is 18.7 Å². The Bertz CT molecular complexity index is 702. The van der Waals surface area contributed by atoms with Crippen molar-refractivity contribution in [2.75, 3.05) is 11.5 Å². The largest absolute Gasteiger partial charge is 0.375 e. The van der Waals surface area contributed by atoms with Crippen LogP contribution >= 0.6 is 34.7 Å². The Morgan fingerprint density at radius 3 is 3.05 bits per heavy atom. The fourth-order valence-corrected chi connectivity index (χ4v) is 4.39. The molecule has 0 saturated heterocycles. The summed E-state index contributed by atoms with van der Waals surface area (Å²) in [6.45, 7) is 1.79. The van der Waals surface area contributed by atoms with Gasteiger partial charge in [0.15, 0.2) is 5.13 Å². The molecule has 0 spiro atoms. The Kier molecular flexibility index (Phi) is 4.10. The zero-order valence-electron chi connectivity index (χ0n) is 11.4. The standard InChI is InChI=1S/C14H14ClN3OS2/c1-7-12(21-14(16)17-7)13(19)18-10-4-5-20-11-3-2-8(15)6-9(10)11/h2-3,6,10H,4-5H2,1H3,(H2,16,17)(H,18,19). The molecule has 3 N–H and O–H groups in total. The number of anilines is 1. The van der Waals surface area contributed by atoms with E-state index in [4.69, 9.17) is 17.3 Å². The molecular weight excluding hydrogens is 326 g/mol. The highest BCUT2D eigenvalue weighted by molar-refractivity contribution is 7.99. The maximum atomic E-state index is 12.4. The number of nitrogens with one attached hydrogen (secondary N) is 1. The van der Waals surface area contributed by atoms with Crippen LogP contribution in [0.3, 0.4) is 0 Å². The highest BCUT2D eigenvalue weighted by Crippen LogP contribution is 2.37. The maximum absolute atomic E-state index is 12.4. The Balaban J connectivity index is 1.85. The van der Waals surface area contributed by atoms with E-state index in [9.17, 15) is 4.79 Å². The first-order chi connectivity index (χ1) is 10.0. The molecule has 0 aliphatic carbocycles. The van der Waals surface area contributed by atoms with Crippen LogP contribution < -0.4 is 11.1 Å². The van der Waals surface area contributed by atoms with Crippen molar-refractivity contribution in [3.63, 3.8) is 0 Å². The zero-order chi connectivity index (χ0) is 15.0. The number of carbonyl (C=O) groups excluding carboxylic acids is 1. The summed E-state index contributed by atoms with van der Waals surface area (Å²) in [5, 5.41) is 4.18. The highest BCUT2D eigenvalue weighted by Gasteiger charge is 2.24. The van der Waals surface area contributed by atoms with E-state index < -0.39 is 0 Å². The second-order valence-electron chi connectivity index (χ2n) is 4.81. The third-order valence-corrected chi connectivity index (χ3v) is 5.68. The van der Waals surface area contributed by atoms with Gasteiger partial charge in [0.1, 0.15) is 4.88 Å². The van der Waals surface area contributed by atoms with Crippen molar-refractivity contribution in [3.05, 3.63) is 39.4 Å². The number of aromatic nitrogens is 1. The number of thiazole rings is 1. The zero-order valence-corrected chi connectivity index (χ0v) is 13.7. The number of carbonyl (C=O) groups is 1. The monoisotopic (exact) mass is 339 g/mol. The van der Waals surface area contributed by atoms with Crippen molar-refractivity contribution in [1.29, 1.82) is 0 Å². The predicted molar refractivity (Wildman–Crippen MR) is 88.3 cm³/mol. The van der Waals surface area contributed by atoms with Crippen molar-refractivity contribution in [2.45, 2.75) is 24.3 Å². The molecule has 1 aliphatic heterocycles. The number of nitrogen functional groups attached to an aromatic ring is 1. The van der Waals surface area contributed by atoms with Crippen LogP contribution in [0.5, 0.6) is 0 Å². The number of amides is 1. The predicted octanol–water partition coefficient (Wildman–Crippen LogP) is 3.65. The van der Waals surface area contributed by atoms with E-state index in [0.717, 1.165) is 17.7 Å². The Morgan fingerprint density at radius 2 is 2.33 bits per heavy atom. The lowest BCUT2D eigenvalue weighted by Gasteiger charge is -2.26. The normalized spacial score (nSPS) is 17.3. The van der Waals surface area contributed by atoms with Gasteiger partial charge >= 0.3 is 0 Å². The number of benzene rings is 1. The minimum absolute atomic E-state index is 0.0184. The van der Waals surface area contributed by atoms with Crippen molar-refractivity contribution < 1.29 is 4.79 Å². The third kappa shape index (κ3) is 3.02. The smallest absolute Gasteiger partial charge is 0.263 e. The van der Waals surface area contributed by atoms with Crippen LogP contribution in [0.25, 0.3) is 0 Å². The van der Waals surface area contributed by atoms with Gasteiger partial charge in [-0.15, -0.1) is 11.8 Å². The minimum Gasteiger partial charge on any atom is -0.375 e. The highest BCUT2D eigenvalue weighted by atomic mass is 35.5. The summed E-state index contributed by atoms with van der Waals surface area (Å²) >= 11 is 9.09. The SMILES string of the molecule is Cc1nc(N)sc1C(=O)NC1CCSc2ccc(Cl)cc21. The molecule has 2 aromatic rings. The van der Waals surface area contributed by atoms with Gasteiger partial charge in [-0.2, -0.15) is 0 Å². The summed E-state index contributed by atoms with van der Waals surface area (Å²) in [5.41, 5.74) is 7.41. The van der Waals surface area contributed by atoms with E-state index in [1.165, 1.54) is 16.2 Å². The molecule has 1 aromatic heterocycles. The molecule has 1 atom stereocenters. The van der Waals surface area contributed by atoms with Gasteiger partial charge in [-0.05, 0) is 37.1 Å². The second-order valence-corrected chi connectivity index (χ2v) is 7.42. The molecule has 1 aromatic carbocycles. The molecule has 4 nitrogen and oxygen atoms in total. The van der Waals surface area contributed by atoms with E-state index in [1.807, 2.05) is 18.2 Å². The first-order valence-corrected chi connectivity index (χ1v) is 8.68. The Morgan fingerprint density at radius 1 is 1.52 bits per heavy atom. The summed E-state index contributed by atoms with van der Waals surface area (Å²) in [6.07, 6.45) is 0.886. The number of halogens is 1. The quantitative estimate of drug-likeness (QED) is 0.876. The molecule has 1 amide bonds. The molecule has 2 heterocycles. The number of hydrogen-bond donors (Lipinski definition) is 2. The summed E-state index contributed by atoms with van der Waals surface area (Å²) in [7, 11) is 0. The Hall–Kier alpha value is -1.24. The number of nitrogens with two attached hydrogens (primary N) is 1. The van der Waals surface area contributed by atoms with Gasteiger partial charge in [-0.25, -0.2) is 4.98 Å². The fraction of sp³-hybridized carbons (Fsp3) is 0.286. The van der Waals surface area contributed by atoms with Crippen molar-refractivity contribution in [1.82, 2.24) is 10.3 Å². The number of rotatable bonds is 2. The third-order valence-electron chi connectivity index (χ3n) is 3.34. The van der Waals surface area contributed by atoms with E-state index in [-0.39, 0.29) is 11.9 Å². The fourth-order valence-electron chi connectivity index (χ4n) is 2.37. The van der Waals surface area contributed by atoms with Crippen LogP contribution in [0.15, 0.2) is 23.1 Å². The number of aryl methyl sites for hydroxylation is 1. The molecule has 0 radical (unpaired) electrons. The van der Waals surface area contributed by atoms with Crippen molar-refractivity contribution in [3.8, 4) is 0 Å². The average Bonchev–Trinajstić information content (AvgIpc) is 2.78. The topological polar surface area (TPSA) is 68.0 Å². The summed E-state index contributed by atoms with van der Waals surface area (Å²) < 4.78 is 0. The first kappa shape index (κ1) is 14.7. The van der Waals surface area contributed by atoms with Crippen LogP contribution in [0.2, 0.25) is 5.02 Å². The lowest BCUT2D eigenvalue weighted by atomic mass is 10.0. The van der Waals surface area contributed by atoms with E-state index in [0.29, 0.717) is 20.7 Å². The number of thioether (sulfide) groups is 1. The molecule has 0 bridgehead atoms. The number of fused-ring (bicyclic) bond motifs is 1. The maximum Gasteiger partial charge on any atom is 0.263 e. The Labute approximate surface area is 136 Å². The van der Waals surface area contributed by atoms with Gasteiger partial charge in [0.05, 0.1) is 11.7 Å². The van der Waals surface area contributed by atoms with Crippen LogP contribution in [-0.4, -0.2) is 16.6 Å². The first-order valence-electron chi connectivity index (χ1n) is 6.50. The lowest BCUT2D eigenvalue weighted by molar-refractivity contribution is 0.0938. The van der Waals surface area contributed by atoms with Gasteiger partial charge in [0.25, 0.3) is 5.91 Å². The van der Waals surface area contributed by atoms with Crippen LogP contribution in [0.4, 0.5) is 5.13 Å². The summed E-state index contributed by atoms with van der Waals surface area (Å²) in [6, 6.07) is 5.81. The van der Waals surface area contributed by atoms with Gasteiger partial charge in [-0.1, -0.05) is 22.9 Å². The molecule has 0 saturated carbocycles.